The molecule has 0 radical (unpaired) electrons. The number of hydrogen-bond acceptors (Lipinski definition) is 5. The van der Waals surface area contributed by atoms with E-state index >= 15 is 0 Å². The normalized spacial score (nSPS) is 11.4. The predicted molar refractivity (Wildman–Crippen MR) is 90.6 cm³/mol. The van der Waals surface area contributed by atoms with Gasteiger partial charge in [-0.05, 0) is 31.2 Å². The van der Waals surface area contributed by atoms with E-state index in [2.05, 4.69) is 15.5 Å². The molecule has 118 valence electrons. The molecule has 3 rings (SSSR count). The Balaban J connectivity index is 1.56. The number of thioether (sulfide) groups is 1. The van der Waals surface area contributed by atoms with E-state index in [1.807, 2.05) is 48.9 Å². The first-order valence-electron chi connectivity index (χ1n) is 7.06. The molecule has 2 aromatic heterocycles. The van der Waals surface area contributed by atoms with Crippen LogP contribution < -0.4 is 5.43 Å². The summed E-state index contributed by atoms with van der Waals surface area (Å²) >= 11 is 1.37. The van der Waals surface area contributed by atoms with Gasteiger partial charge in [-0.25, -0.2) is 10.4 Å². The second-order valence-electron chi connectivity index (χ2n) is 4.97. The van der Waals surface area contributed by atoms with Gasteiger partial charge in [-0.1, -0.05) is 23.9 Å². The monoisotopic (exact) mass is 328 g/mol. The van der Waals surface area contributed by atoms with Crippen LogP contribution in [0.3, 0.4) is 0 Å². The largest absolute Gasteiger partial charge is 0.460 e. The van der Waals surface area contributed by atoms with E-state index in [9.17, 15) is 4.79 Å². The highest BCUT2D eigenvalue weighted by molar-refractivity contribution is 7.99. The Bertz CT molecular complexity index is 866. The second kappa shape index (κ2) is 6.70. The maximum Gasteiger partial charge on any atom is 0.250 e. The van der Waals surface area contributed by atoms with Gasteiger partial charge in [0.15, 0.2) is 5.16 Å². The fourth-order valence-electron chi connectivity index (χ4n) is 2.11. The molecule has 23 heavy (non-hydrogen) atoms. The van der Waals surface area contributed by atoms with Crippen LogP contribution in [0.5, 0.6) is 0 Å². The number of amides is 1. The van der Waals surface area contributed by atoms with Gasteiger partial charge in [-0.3, -0.25) is 4.79 Å². The van der Waals surface area contributed by atoms with Crippen LogP contribution in [-0.2, 0) is 11.8 Å². The molecule has 7 heteroatoms. The highest BCUT2D eigenvalue weighted by Gasteiger charge is 2.09. The van der Waals surface area contributed by atoms with Crippen LogP contribution >= 0.6 is 11.8 Å². The number of hydrogen-bond donors (Lipinski definition) is 1. The van der Waals surface area contributed by atoms with E-state index in [4.69, 9.17) is 4.42 Å². The lowest BCUT2D eigenvalue weighted by molar-refractivity contribution is -0.118. The average Bonchev–Trinajstić information content (AvgIpc) is 3.10. The Morgan fingerprint density at radius 1 is 1.39 bits per heavy atom. The summed E-state index contributed by atoms with van der Waals surface area (Å²) in [5, 5.41) is 4.67. The van der Waals surface area contributed by atoms with Crippen LogP contribution in [0, 0.1) is 6.92 Å². The number of rotatable bonds is 5. The van der Waals surface area contributed by atoms with E-state index in [0.29, 0.717) is 5.76 Å². The first-order valence-corrected chi connectivity index (χ1v) is 8.04. The second-order valence-corrected chi connectivity index (χ2v) is 5.91. The molecule has 0 aliphatic rings. The molecule has 0 saturated heterocycles. The number of aryl methyl sites for hydroxylation is 2. The highest BCUT2D eigenvalue weighted by Crippen LogP contribution is 2.22. The van der Waals surface area contributed by atoms with E-state index in [-0.39, 0.29) is 11.7 Å². The Labute approximate surface area is 137 Å². The molecule has 0 spiro atoms. The molecular formula is C16H16N4O2S. The van der Waals surface area contributed by atoms with Gasteiger partial charge >= 0.3 is 0 Å². The van der Waals surface area contributed by atoms with Gasteiger partial charge in [-0.2, -0.15) is 5.10 Å². The fourth-order valence-corrected chi connectivity index (χ4v) is 2.89. The first-order chi connectivity index (χ1) is 11.1. The molecule has 0 unspecified atom stereocenters. The maximum atomic E-state index is 11.8. The predicted octanol–water partition coefficient (Wildman–Crippen LogP) is 2.72. The topological polar surface area (TPSA) is 72.4 Å². The van der Waals surface area contributed by atoms with Crippen LogP contribution in [0.25, 0.3) is 11.0 Å². The minimum Gasteiger partial charge on any atom is -0.460 e. The number of carbonyl (C=O) groups is 1. The minimum absolute atomic E-state index is 0.193. The third-order valence-corrected chi connectivity index (χ3v) is 4.25. The van der Waals surface area contributed by atoms with Crippen molar-refractivity contribution in [2.24, 2.45) is 12.1 Å². The smallest absolute Gasteiger partial charge is 0.250 e. The van der Waals surface area contributed by atoms with Crippen molar-refractivity contribution in [2.45, 2.75) is 12.1 Å². The van der Waals surface area contributed by atoms with Gasteiger partial charge < -0.3 is 8.98 Å². The van der Waals surface area contributed by atoms with Gasteiger partial charge in [0.25, 0.3) is 5.91 Å². The summed E-state index contributed by atoms with van der Waals surface area (Å²) in [7, 11) is 1.94. The van der Waals surface area contributed by atoms with Crippen molar-refractivity contribution >= 4 is 34.9 Å². The summed E-state index contributed by atoms with van der Waals surface area (Å²) in [4.78, 5) is 16.3. The number of imidazole rings is 1. The number of aromatic nitrogens is 2. The third kappa shape index (κ3) is 3.62. The number of hydrazone groups is 1. The summed E-state index contributed by atoms with van der Waals surface area (Å²) in [5.41, 5.74) is 4.44. The number of nitrogens with zero attached hydrogens (tertiary/aromatic N) is 3. The first kappa shape index (κ1) is 15.4. The third-order valence-electron chi connectivity index (χ3n) is 3.22. The van der Waals surface area contributed by atoms with Crippen LogP contribution in [0.1, 0.15) is 11.5 Å². The molecule has 0 aliphatic carbocycles. The van der Waals surface area contributed by atoms with E-state index in [1.54, 1.807) is 6.07 Å². The fraction of sp³-hybridized carbons (Fsp3) is 0.188. The van der Waals surface area contributed by atoms with Crippen molar-refractivity contribution in [1.82, 2.24) is 15.0 Å². The quantitative estimate of drug-likeness (QED) is 0.444. The van der Waals surface area contributed by atoms with Crippen molar-refractivity contribution in [2.75, 3.05) is 5.75 Å². The van der Waals surface area contributed by atoms with Crippen molar-refractivity contribution in [1.29, 1.82) is 0 Å². The lowest BCUT2D eigenvalue weighted by Crippen LogP contribution is -2.19. The highest BCUT2D eigenvalue weighted by atomic mass is 32.2. The molecule has 0 saturated carbocycles. The lowest BCUT2D eigenvalue weighted by atomic mass is 10.3. The van der Waals surface area contributed by atoms with Gasteiger partial charge in [0.05, 0.1) is 23.0 Å². The molecular weight excluding hydrogens is 312 g/mol. The number of para-hydroxylation sites is 2. The number of nitrogens with one attached hydrogen (secondary N) is 1. The van der Waals surface area contributed by atoms with Crippen molar-refractivity contribution in [3.8, 4) is 0 Å². The zero-order valence-corrected chi connectivity index (χ0v) is 13.6. The Hall–Kier alpha value is -2.54. The van der Waals surface area contributed by atoms with Crippen LogP contribution in [0.4, 0.5) is 0 Å². The molecule has 2 heterocycles. The Kier molecular flexibility index (Phi) is 4.47. The summed E-state index contributed by atoms with van der Waals surface area (Å²) in [6.07, 6.45) is 1.48. The number of furan rings is 1. The van der Waals surface area contributed by atoms with Crippen molar-refractivity contribution in [3.05, 3.63) is 47.9 Å². The van der Waals surface area contributed by atoms with Crippen molar-refractivity contribution < 1.29 is 9.21 Å². The van der Waals surface area contributed by atoms with Crippen molar-refractivity contribution in [3.63, 3.8) is 0 Å². The molecule has 1 aromatic carbocycles. The SMILES string of the molecule is Cc1ccc(C=NNC(=O)CSc2nc3ccccc3n2C)o1. The molecule has 0 bridgehead atoms. The van der Waals surface area contributed by atoms with E-state index in [0.717, 1.165) is 22.0 Å². The van der Waals surface area contributed by atoms with Gasteiger partial charge in [0.2, 0.25) is 0 Å². The Morgan fingerprint density at radius 2 is 2.22 bits per heavy atom. The van der Waals surface area contributed by atoms with Gasteiger partial charge in [-0.15, -0.1) is 0 Å². The zero-order valence-electron chi connectivity index (χ0n) is 12.8. The van der Waals surface area contributed by atoms with E-state index in [1.165, 1.54) is 18.0 Å². The molecule has 0 aliphatic heterocycles. The minimum atomic E-state index is -0.193. The molecule has 1 N–H and O–H groups in total. The lowest BCUT2D eigenvalue weighted by Gasteiger charge is -2.01. The standard InChI is InChI=1S/C16H16N4O2S/c1-11-7-8-12(22-11)9-17-19-15(21)10-23-16-18-13-5-3-4-6-14(13)20(16)2/h3-9H,10H2,1-2H3,(H,19,21). The molecule has 1 amide bonds. The van der Waals surface area contributed by atoms with Crippen LogP contribution in [-0.4, -0.2) is 27.4 Å². The zero-order chi connectivity index (χ0) is 16.2. The molecule has 6 nitrogen and oxygen atoms in total. The maximum absolute atomic E-state index is 11.8. The average molecular weight is 328 g/mol. The molecule has 0 fully saturated rings. The van der Waals surface area contributed by atoms with Crippen LogP contribution in [0.15, 0.2) is 51.1 Å². The van der Waals surface area contributed by atoms with Gasteiger partial charge in [0.1, 0.15) is 11.5 Å². The summed E-state index contributed by atoms with van der Waals surface area (Å²) in [5.74, 6) is 1.45. The summed E-state index contributed by atoms with van der Waals surface area (Å²) < 4.78 is 7.30. The van der Waals surface area contributed by atoms with Crippen LogP contribution in [0.2, 0.25) is 0 Å². The molecule has 0 atom stereocenters. The molecule has 3 aromatic rings. The summed E-state index contributed by atoms with van der Waals surface area (Å²) in [6.45, 7) is 1.85. The summed E-state index contributed by atoms with van der Waals surface area (Å²) in [6, 6.07) is 11.5. The number of benzene rings is 1. The Morgan fingerprint density at radius 3 is 2.96 bits per heavy atom. The number of fused-ring (bicyclic) bond motifs is 1. The van der Waals surface area contributed by atoms with Gasteiger partial charge in [0, 0.05) is 7.05 Å². The van der Waals surface area contributed by atoms with E-state index < -0.39 is 0 Å². The number of carbonyl (C=O) groups excluding carboxylic acids is 1.